The average Bonchev–Trinajstić information content (AvgIpc) is 2.94. The number of unbranched alkanes of at least 4 members (excludes halogenated alkanes) is 1. The summed E-state index contributed by atoms with van der Waals surface area (Å²) in [6.07, 6.45) is -1.27. The van der Waals surface area contributed by atoms with E-state index in [4.69, 9.17) is 5.73 Å². The van der Waals surface area contributed by atoms with Crippen molar-refractivity contribution in [1.82, 2.24) is 4.98 Å². The smallest absolute Gasteiger partial charge is 0.416 e. The molecular formula is C29H26F4N4O5S. The molecule has 0 aliphatic carbocycles. The van der Waals surface area contributed by atoms with Gasteiger partial charge in [-0.25, -0.2) is 13.6 Å². The summed E-state index contributed by atoms with van der Waals surface area (Å²) in [5, 5.41) is 2.34. The van der Waals surface area contributed by atoms with Crippen LogP contribution in [0.2, 0.25) is 0 Å². The van der Waals surface area contributed by atoms with Gasteiger partial charge < -0.3 is 15.8 Å². The van der Waals surface area contributed by atoms with Gasteiger partial charge in [0.25, 0.3) is 11.8 Å². The standard InChI is InChI=1S/C29H26F4N4O5S/c1-42-25(38)8-3-4-13-43(2,41)37-27(39)20-15-19(26(34)35-17-20)10-9-18-6-5-7-22(14-18)36-28(40)23-16-21(29(31,32)33)11-12-24(23)30/h5-7,11-12,14-17H,3-4,8,13H2,1-2H3,(H2,34,35)(H,36,40). The molecule has 0 saturated carbocycles. The van der Waals surface area contributed by atoms with E-state index in [2.05, 4.69) is 31.2 Å². The molecule has 226 valence electrons. The second-order valence-corrected chi connectivity index (χ2v) is 11.7. The lowest BCUT2D eigenvalue weighted by atomic mass is 10.1. The van der Waals surface area contributed by atoms with Crippen LogP contribution in [-0.2, 0) is 25.4 Å². The molecule has 0 aliphatic rings. The van der Waals surface area contributed by atoms with Gasteiger partial charge in [0.2, 0.25) is 0 Å². The molecule has 14 heteroatoms. The first-order valence-corrected chi connectivity index (χ1v) is 14.6. The minimum atomic E-state index is -4.76. The maximum atomic E-state index is 14.1. The highest BCUT2D eigenvalue weighted by Gasteiger charge is 2.32. The van der Waals surface area contributed by atoms with E-state index in [9.17, 15) is 36.2 Å². The van der Waals surface area contributed by atoms with Crippen molar-refractivity contribution in [2.75, 3.05) is 30.2 Å². The first-order chi connectivity index (χ1) is 20.2. The lowest BCUT2D eigenvalue weighted by Crippen LogP contribution is -2.16. The maximum Gasteiger partial charge on any atom is 0.416 e. The molecule has 2 aromatic carbocycles. The number of halogens is 4. The highest BCUT2D eigenvalue weighted by molar-refractivity contribution is 7.93. The molecule has 0 saturated heterocycles. The van der Waals surface area contributed by atoms with Gasteiger partial charge in [-0.05, 0) is 55.3 Å². The molecule has 0 spiro atoms. The van der Waals surface area contributed by atoms with E-state index in [0.717, 1.165) is 0 Å². The van der Waals surface area contributed by atoms with Gasteiger partial charge in [-0.1, -0.05) is 17.9 Å². The topological polar surface area (TPSA) is 141 Å². The largest absolute Gasteiger partial charge is 0.469 e. The number of amides is 2. The summed E-state index contributed by atoms with van der Waals surface area (Å²) in [4.78, 5) is 40.3. The van der Waals surface area contributed by atoms with Crippen LogP contribution in [0.15, 0.2) is 59.1 Å². The molecule has 0 fully saturated rings. The zero-order valence-corrected chi connectivity index (χ0v) is 23.8. The van der Waals surface area contributed by atoms with Gasteiger partial charge in [-0.15, -0.1) is 0 Å². The van der Waals surface area contributed by atoms with Crippen LogP contribution in [0.4, 0.5) is 29.1 Å². The molecule has 1 heterocycles. The Morgan fingerprint density at radius 3 is 2.53 bits per heavy atom. The number of alkyl halides is 3. The number of aromatic nitrogens is 1. The molecule has 0 radical (unpaired) electrons. The number of ether oxygens (including phenoxy) is 1. The number of nitrogens with two attached hydrogens (primary N) is 1. The lowest BCUT2D eigenvalue weighted by molar-refractivity contribution is -0.140. The second kappa shape index (κ2) is 13.9. The monoisotopic (exact) mass is 618 g/mol. The van der Waals surface area contributed by atoms with Gasteiger partial charge in [0, 0.05) is 35.9 Å². The zero-order valence-electron chi connectivity index (χ0n) is 23.0. The van der Waals surface area contributed by atoms with Crippen LogP contribution in [0.1, 0.15) is 56.7 Å². The molecule has 1 aromatic heterocycles. The van der Waals surface area contributed by atoms with Crippen LogP contribution < -0.4 is 11.1 Å². The molecule has 1 atom stereocenters. The van der Waals surface area contributed by atoms with Crippen molar-refractivity contribution in [1.29, 1.82) is 0 Å². The van der Waals surface area contributed by atoms with Gasteiger partial charge in [0.05, 0.1) is 39.1 Å². The minimum absolute atomic E-state index is 0.00595. The molecule has 1 unspecified atom stereocenters. The van der Waals surface area contributed by atoms with E-state index >= 15 is 0 Å². The molecule has 9 nitrogen and oxygen atoms in total. The Kier molecular flexibility index (Phi) is 10.6. The van der Waals surface area contributed by atoms with Crippen molar-refractivity contribution in [2.45, 2.75) is 25.4 Å². The zero-order chi connectivity index (χ0) is 31.8. The van der Waals surface area contributed by atoms with Crippen molar-refractivity contribution in [2.24, 2.45) is 4.36 Å². The van der Waals surface area contributed by atoms with Crippen LogP contribution >= 0.6 is 0 Å². The molecule has 0 bridgehead atoms. The van der Waals surface area contributed by atoms with Crippen LogP contribution in [0, 0.1) is 17.7 Å². The molecule has 3 N–H and O–H groups in total. The predicted molar refractivity (Wildman–Crippen MR) is 152 cm³/mol. The summed E-state index contributed by atoms with van der Waals surface area (Å²) >= 11 is 0. The van der Waals surface area contributed by atoms with E-state index < -0.39 is 44.7 Å². The van der Waals surface area contributed by atoms with Gasteiger partial charge in [-0.3, -0.25) is 14.4 Å². The third-order valence-electron chi connectivity index (χ3n) is 5.82. The number of nitrogens with zero attached hydrogens (tertiary/aromatic N) is 2. The Balaban J connectivity index is 1.76. The third-order valence-corrected chi connectivity index (χ3v) is 7.42. The summed E-state index contributed by atoms with van der Waals surface area (Å²) in [5.74, 6) is 2.22. The quantitative estimate of drug-likeness (QED) is 0.156. The highest BCUT2D eigenvalue weighted by atomic mass is 32.2. The average molecular weight is 619 g/mol. The Hall–Kier alpha value is -4.77. The van der Waals surface area contributed by atoms with E-state index in [1.807, 2.05) is 0 Å². The fraction of sp³-hybridized carbons (Fsp3) is 0.241. The van der Waals surface area contributed by atoms with Crippen LogP contribution in [0.3, 0.4) is 0 Å². The Morgan fingerprint density at radius 1 is 1.09 bits per heavy atom. The van der Waals surface area contributed by atoms with Crippen molar-refractivity contribution in [3.8, 4) is 11.8 Å². The minimum Gasteiger partial charge on any atom is -0.469 e. The Labute approximate surface area is 245 Å². The predicted octanol–water partition coefficient (Wildman–Crippen LogP) is 5.06. The second-order valence-electron chi connectivity index (χ2n) is 9.23. The first kappa shape index (κ1) is 32.7. The molecule has 3 aromatic rings. The molecular weight excluding hydrogens is 592 g/mol. The van der Waals surface area contributed by atoms with Gasteiger partial charge in [0.1, 0.15) is 11.6 Å². The summed E-state index contributed by atoms with van der Waals surface area (Å²) < 4.78 is 74.2. The highest BCUT2D eigenvalue weighted by Crippen LogP contribution is 2.30. The summed E-state index contributed by atoms with van der Waals surface area (Å²) in [6, 6.07) is 8.76. The number of nitrogen functional groups attached to an aromatic ring is 1. The number of hydrogen-bond acceptors (Lipinski definition) is 7. The summed E-state index contributed by atoms with van der Waals surface area (Å²) in [6.45, 7) is 0. The normalized spacial score (nSPS) is 12.3. The molecule has 0 aliphatic heterocycles. The molecule has 43 heavy (non-hydrogen) atoms. The Morgan fingerprint density at radius 2 is 1.84 bits per heavy atom. The van der Waals surface area contributed by atoms with Crippen molar-refractivity contribution < 1.29 is 40.9 Å². The summed E-state index contributed by atoms with van der Waals surface area (Å²) in [7, 11) is -1.62. The van der Waals surface area contributed by atoms with Crippen LogP contribution in [-0.4, -0.2) is 46.1 Å². The number of hydrogen-bond donors (Lipinski definition) is 2. The van der Waals surface area contributed by atoms with Crippen molar-refractivity contribution in [3.05, 3.63) is 88.4 Å². The van der Waals surface area contributed by atoms with E-state index in [-0.39, 0.29) is 40.8 Å². The lowest BCUT2D eigenvalue weighted by Gasteiger charge is -2.10. The SMILES string of the molecule is COC(=O)CCCCS(C)(=O)=NC(=O)c1cnc(N)c(C#Cc2cccc(NC(=O)c3cc(C(F)(F)F)ccc3F)c2)c1. The fourth-order valence-electron chi connectivity index (χ4n) is 3.60. The Bertz CT molecular complexity index is 1740. The number of anilines is 2. The maximum absolute atomic E-state index is 14.1. The third kappa shape index (κ3) is 9.64. The number of methoxy groups -OCH3 is 1. The summed E-state index contributed by atoms with van der Waals surface area (Å²) in [5.41, 5.74) is 4.56. The number of rotatable bonds is 8. The number of benzene rings is 2. The van der Waals surface area contributed by atoms with E-state index in [1.165, 1.54) is 43.8 Å². The van der Waals surface area contributed by atoms with Crippen molar-refractivity contribution in [3.63, 3.8) is 0 Å². The van der Waals surface area contributed by atoms with Crippen LogP contribution in [0.25, 0.3) is 0 Å². The molecule has 3 rings (SSSR count). The van der Waals surface area contributed by atoms with Gasteiger partial charge >= 0.3 is 12.1 Å². The van der Waals surface area contributed by atoms with E-state index in [0.29, 0.717) is 36.6 Å². The van der Waals surface area contributed by atoms with E-state index in [1.54, 1.807) is 6.07 Å². The number of esters is 1. The number of carbonyl (C=O) groups is 3. The number of nitrogens with one attached hydrogen (secondary N) is 1. The number of carbonyl (C=O) groups excluding carboxylic acids is 3. The van der Waals surface area contributed by atoms with Crippen molar-refractivity contribution >= 4 is 39.0 Å². The number of pyridine rings is 1. The van der Waals surface area contributed by atoms with Gasteiger partial charge in [-0.2, -0.15) is 17.5 Å². The first-order valence-electron chi connectivity index (χ1n) is 12.5. The molecule has 2 amide bonds. The van der Waals surface area contributed by atoms with Gasteiger partial charge in [0.15, 0.2) is 0 Å². The fourth-order valence-corrected chi connectivity index (χ4v) is 4.88. The van der Waals surface area contributed by atoms with Crippen LogP contribution in [0.5, 0.6) is 0 Å².